The molecule has 2 heterocycles. The van der Waals surface area contributed by atoms with Crippen LogP contribution in [0, 0.1) is 17.0 Å². The number of nitrogens with one attached hydrogen (secondary N) is 1. The van der Waals surface area contributed by atoms with Crippen molar-refractivity contribution in [3.05, 3.63) is 51.1 Å². The first-order valence-electron chi connectivity index (χ1n) is 6.86. The third-order valence-electron chi connectivity index (χ3n) is 3.27. The summed E-state index contributed by atoms with van der Waals surface area (Å²) in [6.45, 7) is 1.96. The van der Waals surface area contributed by atoms with E-state index in [-0.39, 0.29) is 5.69 Å². The Morgan fingerprint density at radius 2 is 2.04 bits per heavy atom. The van der Waals surface area contributed by atoms with E-state index in [1.165, 1.54) is 16.0 Å². The Kier molecular flexibility index (Phi) is 4.02. The number of nitrogens with zero attached hydrogens (tertiary/aromatic N) is 5. The standard InChI is InChI=1S/C14H14N6O2S/c1-9-12(20(21)22)13(19(2)18-9)15-8-11-16-17-14(23-11)10-6-4-3-5-7-10/h3-7,15H,8H2,1-2H3. The smallest absolute Gasteiger partial charge is 0.333 e. The van der Waals surface area contributed by atoms with E-state index in [9.17, 15) is 10.1 Å². The van der Waals surface area contributed by atoms with Crippen LogP contribution in [0.15, 0.2) is 30.3 Å². The van der Waals surface area contributed by atoms with Crippen molar-refractivity contribution in [1.82, 2.24) is 20.0 Å². The van der Waals surface area contributed by atoms with E-state index in [0.717, 1.165) is 15.6 Å². The Bertz CT molecular complexity index is 842. The number of aryl methyl sites for hydroxylation is 2. The molecule has 118 valence electrons. The minimum atomic E-state index is -0.430. The summed E-state index contributed by atoms with van der Waals surface area (Å²) in [6, 6.07) is 9.75. The fraction of sp³-hybridized carbons (Fsp3) is 0.214. The third kappa shape index (κ3) is 3.04. The number of anilines is 1. The lowest BCUT2D eigenvalue weighted by Crippen LogP contribution is -2.06. The van der Waals surface area contributed by atoms with E-state index in [2.05, 4.69) is 20.6 Å². The van der Waals surface area contributed by atoms with Crippen molar-refractivity contribution in [2.24, 2.45) is 7.05 Å². The molecule has 0 saturated heterocycles. The summed E-state index contributed by atoms with van der Waals surface area (Å²) < 4.78 is 1.46. The van der Waals surface area contributed by atoms with Crippen LogP contribution in [0.2, 0.25) is 0 Å². The average molecular weight is 330 g/mol. The molecular weight excluding hydrogens is 316 g/mol. The van der Waals surface area contributed by atoms with Crippen LogP contribution in [0.1, 0.15) is 10.7 Å². The van der Waals surface area contributed by atoms with Gasteiger partial charge in [-0.3, -0.25) is 10.1 Å². The maximum atomic E-state index is 11.1. The lowest BCUT2D eigenvalue weighted by molar-refractivity contribution is -0.384. The molecule has 0 aliphatic rings. The maximum Gasteiger partial charge on any atom is 0.333 e. The van der Waals surface area contributed by atoms with E-state index >= 15 is 0 Å². The van der Waals surface area contributed by atoms with Gasteiger partial charge in [-0.1, -0.05) is 41.7 Å². The monoisotopic (exact) mass is 330 g/mol. The van der Waals surface area contributed by atoms with E-state index in [4.69, 9.17) is 0 Å². The Labute approximate surface area is 135 Å². The first kappa shape index (κ1) is 15.1. The summed E-state index contributed by atoms with van der Waals surface area (Å²) in [5, 5.41) is 28.1. The van der Waals surface area contributed by atoms with Crippen molar-refractivity contribution in [3.8, 4) is 10.6 Å². The van der Waals surface area contributed by atoms with Gasteiger partial charge in [0.2, 0.25) is 5.82 Å². The molecule has 23 heavy (non-hydrogen) atoms. The normalized spacial score (nSPS) is 10.7. The van der Waals surface area contributed by atoms with Gasteiger partial charge in [0, 0.05) is 12.6 Å². The molecule has 9 heteroatoms. The van der Waals surface area contributed by atoms with Crippen LogP contribution in [0.25, 0.3) is 10.6 Å². The number of aromatic nitrogens is 4. The molecule has 0 aliphatic heterocycles. The van der Waals surface area contributed by atoms with Gasteiger partial charge in [0.1, 0.15) is 15.7 Å². The quantitative estimate of drug-likeness (QED) is 0.570. The predicted octanol–water partition coefficient (Wildman–Crippen LogP) is 2.77. The summed E-state index contributed by atoms with van der Waals surface area (Å²) in [7, 11) is 1.66. The van der Waals surface area contributed by atoms with Crippen LogP contribution < -0.4 is 5.32 Å². The van der Waals surface area contributed by atoms with Crippen LogP contribution in [0.4, 0.5) is 11.5 Å². The SMILES string of the molecule is Cc1nn(C)c(NCc2nnc(-c3ccccc3)s2)c1[N+](=O)[O-]. The molecule has 3 rings (SSSR count). The topological polar surface area (TPSA) is 98.8 Å². The van der Waals surface area contributed by atoms with Gasteiger partial charge in [0.15, 0.2) is 0 Å². The predicted molar refractivity (Wildman–Crippen MR) is 87.3 cm³/mol. The first-order chi connectivity index (χ1) is 11.1. The van der Waals surface area contributed by atoms with Gasteiger partial charge in [-0.25, -0.2) is 4.68 Å². The van der Waals surface area contributed by atoms with Gasteiger partial charge in [-0.2, -0.15) is 5.10 Å². The summed E-state index contributed by atoms with van der Waals surface area (Å²) in [5.74, 6) is 0.365. The summed E-state index contributed by atoms with van der Waals surface area (Å²) in [4.78, 5) is 10.7. The fourth-order valence-electron chi connectivity index (χ4n) is 2.25. The Morgan fingerprint density at radius 1 is 1.30 bits per heavy atom. The van der Waals surface area contributed by atoms with E-state index in [0.29, 0.717) is 18.1 Å². The van der Waals surface area contributed by atoms with Crippen molar-refractivity contribution in [2.45, 2.75) is 13.5 Å². The Hall–Kier alpha value is -2.81. The van der Waals surface area contributed by atoms with Crippen LogP contribution in [-0.2, 0) is 13.6 Å². The first-order valence-corrected chi connectivity index (χ1v) is 7.67. The number of hydrogen-bond donors (Lipinski definition) is 1. The summed E-state index contributed by atoms with van der Waals surface area (Å²) in [5.41, 5.74) is 1.36. The van der Waals surface area contributed by atoms with Gasteiger partial charge in [0.05, 0.1) is 11.5 Å². The maximum absolute atomic E-state index is 11.1. The van der Waals surface area contributed by atoms with E-state index in [1.54, 1.807) is 14.0 Å². The van der Waals surface area contributed by atoms with Gasteiger partial charge >= 0.3 is 5.69 Å². The molecule has 0 amide bonds. The highest BCUT2D eigenvalue weighted by molar-refractivity contribution is 7.14. The fourth-order valence-corrected chi connectivity index (χ4v) is 3.03. The molecule has 0 radical (unpaired) electrons. The van der Waals surface area contributed by atoms with Gasteiger partial charge in [0.25, 0.3) is 0 Å². The molecule has 2 aromatic heterocycles. The van der Waals surface area contributed by atoms with Gasteiger partial charge < -0.3 is 5.32 Å². The molecule has 1 N–H and O–H groups in total. The van der Waals surface area contributed by atoms with Crippen LogP contribution in [0.5, 0.6) is 0 Å². The zero-order valence-corrected chi connectivity index (χ0v) is 13.4. The molecular formula is C14H14N6O2S. The van der Waals surface area contributed by atoms with Crippen LogP contribution in [-0.4, -0.2) is 24.9 Å². The molecule has 3 aromatic rings. The van der Waals surface area contributed by atoms with Crippen molar-refractivity contribution >= 4 is 22.8 Å². The number of rotatable bonds is 5. The molecule has 0 spiro atoms. The largest absolute Gasteiger partial charge is 0.358 e. The Balaban J connectivity index is 1.78. The van der Waals surface area contributed by atoms with Gasteiger partial charge in [-0.05, 0) is 6.92 Å². The molecule has 1 aromatic carbocycles. The van der Waals surface area contributed by atoms with E-state index in [1.807, 2.05) is 30.3 Å². The third-order valence-corrected chi connectivity index (χ3v) is 4.24. The minimum Gasteiger partial charge on any atom is -0.358 e. The number of benzene rings is 1. The second-order valence-electron chi connectivity index (χ2n) is 4.88. The molecule has 0 unspecified atom stereocenters. The molecule has 8 nitrogen and oxygen atoms in total. The highest BCUT2D eigenvalue weighted by Gasteiger charge is 2.23. The summed E-state index contributed by atoms with van der Waals surface area (Å²) in [6.07, 6.45) is 0. The van der Waals surface area contributed by atoms with Crippen LogP contribution in [0.3, 0.4) is 0 Å². The molecule has 0 aliphatic carbocycles. The highest BCUT2D eigenvalue weighted by atomic mass is 32.1. The van der Waals surface area contributed by atoms with Crippen molar-refractivity contribution in [2.75, 3.05) is 5.32 Å². The van der Waals surface area contributed by atoms with E-state index < -0.39 is 4.92 Å². The molecule has 0 saturated carbocycles. The highest BCUT2D eigenvalue weighted by Crippen LogP contribution is 2.28. The van der Waals surface area contributed by atoms with Crippen LogP contribution >= 0.6 is 11.3 Å². The molecule has 0 fully saturated rings. The minimum absolute atomic E-state index is 0.0136. The lowest BCUT2D eigenvalue weighted by Gasteiger charge is -2.03. The second-order valence-corrected chi connectivity index (χ2v) is 5.95. The van der Waals surface area contributed by atoms with Crippen molar-refractivity contribution < 1.29 is 4.92 Å². The number of hydrogen-bond acceptors (Lipinski definition) is 7. The lowest BCUT2D eigenvalue weighted by atomic mass is 10.2. The van der Waals surface area contributed by atoms with Crippen molar-refractivity contribution in [3.63, 3.8) is 0 Å². The Morgan fingerprint density at radius 3 is 2.74 bits per heavy atom. The zero-order valence-electron chi connectivity index (χ0n) is 12.6. The van der Waals surface area contributed by atoms with Crippen molar-refractivity contribution in [1.29, 1.82) is 0 Å². The molecule has 0 bridgehead atoms. The average Bonchev–Trinajstić information content (AvgIpc) is 3.10. The summed E-state index contributed by atoms with van der Waals surface area (Å²) >= 11 is 1.45. The number of nitro groups is 1. The zero-order chi connectivity index (χ0) is 16.4. The van der Waals surface area contributed by atoms with Gasteiger partial charge in [-0.15, -0.1) is 10.2 Å². The molecule has 0 atom stereocenters. The second kappa shape index (κ2) is 6.13.